The lowest BCUT2D eigenvalue weighted by Gasteiger charge is -2.22. The van der Waals surface area contributed by atoms with Crippen LogP contribution in [0.2, 0.25) is 0 Å². The lowest BCUT2D eigenvalue weighted by molar-refractivity contribution is -0.143. The smallest absolute Gasteiger partial charge is 0.408 e. The van der Waals surface area contributed by atoms with E-state index in [9.17, 15) is 24.3 Å². The van der Waals surface area contributed by atoms with E-state index in [0.29, 0.717) is 6.42 Å². The van der Waals surface area contributed by atoms with Gasteiger partial charge in [0.25, 0.3) is 0 Å². The zero-order valence-electron chi connectivity index (χ0n) is 40.6. The van der Waals surface area contributed by atoms with Gasteiger partial charge in [-0.1, -0.05) is 123 Å². The number of fused-ring (bicyclic) bond motifs is 3. The lowest BCUT2D eigenvalue weighted by atomic mass is 9.96. The van der Waals surface area contributed by atoms with E-state index in [0.717, 1.165) is 80.0 Å². The van der Waals surface area contributed by atoms with Crippen LogP contribution in [0.5, 0.6) is 11.5 Å². The number of rotatable bonds is 16. The van der Waals surface area contributed by atoms with Gasteiger partial charge in [0, 0.05) is 18.8 Å². The average Bonchev–Trinajstić information content (AvgIpc) is 3.68. The fraction of sp³-hybridized carbons (Fsp3) is 0.298. The molecule has 0 bridgehead atoms. The number of aliphatic carboxylic acids is 1. The second-order valence-corrected chi connectivity index (χ2v) is 17.6. The van der Waals surface area contributed by atoms with E-state index in [1.165, 1.54) is 18.2 Å². The molecule has 0 saturated heterocycles. The van der Waals surface area contributed by atoms with Gasteiger partial charge < -0.3 is 39.4 Å². The Morgan fingerprint density at radius 3 is 1.45 bits per heavy atom. The van der Waals surface area contributed by atoms with Crippen molar-refractivity contribution >= 4 is 24.1 Å². The number of esters is 1. The Bertz CT molecular complexity index is 2680. The van der Waals surface area contributed by atoms with Crippen molar-refractivity contribution < 1.29 is 48.0 Å². The first kappa shape index (κ1) is 50.8. The second-order valence-electron chi connectivity index (χ2n) is 17.6. The van der Waals surface area contributed by atoms with E-state index in [-0.39, 0.29) is 18.9 Å². The largest absolute Gasteiger partial charge is 0.497 e. The standard InChI is InChI=1S/C33H31NO5.C24H31NO5/c1-3-22-19-24(38-2)16-17-25(22)23-14-12-21(13-15-23)18-31(32(35)36)34-33(37)39-20-30-28-10-6-4-8-26(28)27-9-5-7-11-29(27)30;1-7-17-15-19(28-5)12-13-20(17)18-10-8-16(9-11-18)14-21(22(26)29-6)25-23(27)30-24(2,3)4/h4-17,19,30-31H,3,18,20H2,1-2H3,(H,34,37)(H,35,36);8-13,15,21H,7,14H2,1-6H3,(H,25,27)/t31-;21-/m00/s1. The number of carboxylic acids is 1. The number of alkyl carbamates (subject to hydrolysis) is 2. The highest BCUT2D eigenvalue weighted by atomic mass is 16.6. The molecule has 12 nitrogen and oxygen atoms in total. The number of carboxylic acid groups (broad SMARTS) is 1. The van der Waals surface area contributed by atoms with Crippen LogP contribution >= 0.6 is 0 Å². The number of hydrogen-bond donors (Lipinski definition) is 3. The number of hydrogen-bond acceptors (Lipinski definition) is 9. The summed E-state index contributed by atoms with van der Waals surface area (Å²) < 4.78 is 26.3. The predicted molar refractivity (Wildman–Crippen MR) is 268 cm³/mol. The predicted octanol–water partition coefficient (Wildman–Crippen LogP) is 11.0. The van der Waals surface area contributed by atoms with Crippen LogP contribution in [-0.2, 0) is 49.5 Å². The van der Waals surface area contributed by atoms with Crippen molar-refractivity contribution in [2.45, 2.75) is 83.9 Å². The van der Waals surface area contributed by atoms with Gasteiger partial charge in [0.2, 0.25) is 0 Å². The van der Waals surface area contributed by atoms with Crippen LogP contribution in [0.4, 0.5) is 9.59 Å². The Morgan fingerprint density at radius 1 is 0.580 bits per heavy atom. The Morgan fingerprint density at radius 2 is 1.03 bits per heavy atom. The molecule has 0 spiro atoms. The van der Waals surface area contributed by atoms with Crippen LogP contribution in [0.1, 0.15) is 73.9 Å². The van der Waals surface area contributed by atoms with Crippen LogP contribution in [0, 0.1) is 0 Å². The number of ether oxygens (including phenoxy) is 5. The SMILES string of the molecule is CCc1cc(OC)ccc1-c1ccc(C[C@H](NC(=O)OC(C)(C)C)C(=O)OC)cc1.CCc1cc(OC)ccc1-c1ccc(C[C@H](NC(=O)OCC2c3ccccc3-c3ccccc32)C(=O)O)cc1. The van der Waals surface area contributed by atoms with Crippen LogP contribution in [-0.4, -0.2) is 74.9 Å². The summed E-state index contributed by atoms with van der Waals surface area (Å²) in [6.07, 6.45) is 0.795. The molecule has 0 radical (unpaired) electrons. The van der Waals surface area contributed by atoms with Gasteiger partial charge in [-0.3, -0.25) is 0 Å². The highest BCUT2D eigenvalue weighted by Crippen LogP contribution is 2.44. The molecule has 2 amide bonds. The van der Waals surface area contributed by atoms with Gasteiger partial charge in [-0.05, 0) is 125 Å². The summed E-state index contributed by atoms with van der Waals surface area (Å²) in [5, 5.41) is 14.9. The maximum atomic E-state index is 12.7. The molecule has 2 atom stereocenters. The highest BCUT2D eigenvalue weighted by Gasteiger charge is 2.30. The van der Waals surface area contributed by atoms with Crippen molar-refractivity contribution in [3.8, 4) is 44.9 Å². The number of carbonyl (C=O) groups excluding carboxylic acids is 3. The van der Waals surface area contributed by atoms with Crippen molar-refractivity contribution in [1.29, 1.82) is 0 Å². The van der Waals surface area contributed by atoms with Gasteiger partial charge >= 0.3 is 24.1 Å². The van der Waals surface area contributed by atoms with Crippen LogP contribution < -0.4 is 20.1 Å². The minimum absolute atomic E-state index is 0.0926. The van der Waals surface area contributed by atoms with Crippen molar-refractivity contribution in [1.82, 2.24) is 10.6 Å². The molecule has 1 aliphatic carbocycles. The van der Waals surface area contributed by atoms with Crippen molar-refractivity contribution in [3.05, 3.63) is 167 Å². The monoisotopic (exact) mass is 934 g/mol. The van der Waals surface area contributed by atoms with Gasteiger partial charge in [-0.15, -0.1) is 0 Å². The van der Waals surface area contributed by atoms with E-state index in [1.807, 2.05) is 121 Å². The Labute approximate surface area is 404 Å². The molecular formula is C57H62N2O10. The molecular weight excluding hydrogens is 873 g/mol. The number of methoxy groups -OCH3 is 3. The molecule has 0 aromatic heterocycles. The quantitative estimate of drug-likeness (QED) is 0.0630. The zero-order valence-corrected chi connectivity index (χ0v) is 40.6. The Balaban J connectivity index is 0.000000236. The minimum atomic E-state index is -1.11. The van der Waals surface area contributed by atoms with E-state index in [2.05, 4.69) is 36.6 Å². The molecule has 0 heterocycles. The first-order chi connectivity index (χ1) is 33.1. The molecule has 6 aromatic rings. The molecule has 69 heavy (non-hydrogen) atoms. The lowest BCUT2D eigenvalue weighted by Crippen LogP contribution is -2.45. The molecule has 3 N–H and O–H groups in total. The summed E-state index contributed by atoms with van der Waals surface area (Å²) in [5.74, 6) is -0.0773. The summed E-state index contributed by atoms with van der Waals surface area (Å²) in [6.45, 7) is 9.63. The van der Waals surface area contributed by atoms with E-state index < -0.39 is 41.8 Å². The first-order valence-corrected chi connectivity index (χ1v) is 23.1. The maximum Gasteiger partial charge on any atom is 0.408 e. The second kappa shape index (κ2) is 23.4. The number of benzene rings is 6. The topological polar surface area (TPSA) is 159 Å². The summed E-state index contributed by atoms with van der Waals surface area (Å²) >= 11 is 0. The molecule has 0 saturated carbocycles. The zero-order chi connectivity index (χ0) is 49.7. The Hall–Kier alpha value is -7.60. The molecule has 0 fully saturated rings. The number of amides is 2. The van der Waals surface area contributed by atoms with Gasteiger partial charge in [-0.2, -0.15) is 0 Å². The molecule has 0 unspecified atom stereocenters. The fourth-order valence-electron chi connectivity index (χ4n) is 8.42. The third-order valence-corrected chi connectivity index (χ3v) is 11.9. The van der Waals surface area contributed by atoms with Gasteiger partial charge in [-0.25, -0.2) is 19.2 Å². The van der Waals surface area contributed by atoms with E-state index in [4.69, 9.17) is 23.7 Å². The van der Waals surface area contributed by atoms with Crippen molar-refractivity contribution in [2.75, 3.05) is 27.9 Å². The van der Waals surface area contributed by atoms with Crippen LogP contribution in [0.3, 0.4) is 0 Å². The van der Waals surface area contributed by atoms with E-state index in [1.54, 1.807) is 35.0 Å². The minimum Gasteiger partial charge on any atom is -0.497 e. The van der Waals surface area contributed by atoms with Crippen molar-refractivity contribution in [3.63, 3.8) is 0 Å². The third-order valence-electron chi connectivity index (χ3n) is 11.9. The van der Waals surface area contributed by atoms with Gasteiger partial charge in [0.1, 0.15) is 35.8 Å². The first-order valence-electron chi connectivity index (χ1n) is 23.1. The average molecular weight is 935 g/mol. The number of nitrogens with one attached hydrogen (secondary N) is 2. The van der Waals surface area contributed by atoms with E-state index >= 15 is 0 Å². The maximum absolute atomic E-state index is 12.7. The van der Waals surface area contributed by atoms with Crippen molar-refractivity contribution in [2.24, 2.45) is 0 Å². The normalized spacial score (nSPS) is 12.5. The van der Waals surface area contributed by atoms with Crippen LogP contribution in [0.15, 0.2) is 133 Å². The highest BCUT2D eigenvalue weighted by molar-refractivity contribution is 5.83. The summed E-state index contributed by atoms with van der Waals surface area (Å²) in [5.41, 5.74) is 12.2. The third kappa shape index (κ3) is 13.3. The molecule has 1 aliphatic rings. The summed E-state index contributed by atoms with van der Waals surface area (Å²) in [7, 11) is 4.61. The summed E-state index contributed by atoms with van der Waals surface area (Å²) in [4.78, 5) is 48.9. The summed E-state index contributed by atoms with van der Waals surface area (Å²) in [6, 6.07) is 41.9. The fourth-order valence-corrected chi connectivity index (χ4v) is 8.42. The number of aryl methyl sites for hydroxylation is 2. The van der Waals surface area contributed by atoms with Gasteiger partial charge in [0.15, 0.2) is 0 Å². The number of carbonyl (C=O) groups is 4. The van der Waals surface area contributed by atoms with Crippen LogP contribution in [0.25, 0.3) is 33.4 Å². The Kier molecular flexibility index (Phi) is 17.2. The van der Waals surface area contributed by atoms with Gasteiger partial charge in [0.05, 0.1) is 21.3 Å². The molecule has 6 aromatic carbocycles. The molecule has 360 valence electrons. The molecule has 0 aliphatic heterocycles. The molecule has 7 rings (SSSR count). The molecule has 12 heteroatoms.